The molecule has 134 valence electrons. The maximum Gasteiger partial charge on any atom is 0.227 e. The summed E-state index contributed by atoms with van der Waals surface area (Å²) in [5, 5.41) is 1.91. The molecule has 1 amide bonds. The van der Waals surface area contributed by atoms with Crippen LogP contribution in [-0.2, 0) is 17.8 Å². The number of hydrogen-bond acceptors (Lipinski definition) is 2. The molecule has 0 saturated carbocycles. The van der Waals surface area contributed by atoms with Crippen LogP contribution in [0.15, 0.2) is 54.7 Å². The number of piperazine rings is 1. The summed E-state index contributed by atoms with van der Waals surface area (Å²) >= 11 is 5.94. The Kier molecular flexibility index (Phi) is 4.96. The van der Waals surface area contributed by atoms with Gasteiger partial charge in [-0.05, 0) is 29.3 Å². The van der Waals surface area contributed by atoms with Gasteiger partial charge in [0.05, 0.1) is 6.42 Å². The van der Waals surface area contributed by atoms with Crippen LogP contribution in [0.3, 0.4) is 0 Å². The average molecular weight is 368 g/mol. The van der Waals surface area contributed by atoms with Gasteiger partial charge >= 0.3 is 0 Å². The zero-order valence-electron chi connectivity index (χ0n) is 14.6. The number of nitrogens with one attached hydrogen (secondary N) is 1. The number of H-pyrrole nitrogens is 1. The highest BCUT2D eigenvalue weighted by molar-refractivity contribution is 6.30. The van der Waals surface area contributed by atoms with Gasteiger partial charge < -0.3 is 9.88 Å². The lowest BCUT2D eigenvalue weighted by atomic mass is 10.1. The SMILES string of the molecule is O=C(Cc1c[nH]c2ccccc12)N1CCN(Cc2ccc(Cl)cc2)CC1. The topological polar surface area (TPSA) is 39.3 Å². The summed E-state index contributed by atoms with van der Waals surface area (Å²) in [4.78, 5) is 20.3. The Morgan fingerprint density at radius 1 is 1.00 bits per heavy atom. The number of para-hydroxylation sites is 1. The fraction of sp³-hybridized carbons (Fsp3) is 0.286. The lowest BCUT2D eigenvalue weighted by Gasteiger charge is -2.34. The van der Waals surface area contributed by atoms with Crippen LogP contribution in [0.25, 0.3) is 10.9 Å². The molecule has 1 aliphatic rings. The van der Waals surface area contributed by atoms with Gasteiger partial charge in [-0.25, -0.2) is 0 Å². The molecule has 1 saturated heterocycles. The summed E-state index contributed by atoms with van der Waals surface area (Å²) in [7, 11) is 0. The molecule has 2 heterocycles. The molecule has 0 radical (unpaired) electrons. The van der Waals surface area contributed by atoms with Crippen LogP contribution < -0.4 is 0 Å². The van der Waals surface area contributed by atoms with Crippen molar-refractivity contribution in [1.82, 2.24) is 14.8 Å². The molecule has 0 aliphatic carbocycles. The average Bonchev–Trinajstić information content (AvgIpc) is 3.07. The fourth-order valence-corrected chi connectivity index (χ4v) is 3.68. The Balaban J connectivity index is 1.32. The smallest absolute Gasteiger partial charge is 0.227 e. The van der Waals surface area contributed by atoms with Crippen LogP contribution in [0.1, 0.15) is 11.1 Å². The molecule has 4 rings (SSSR count). The van der Waals surface area contributed by atoms with E-state index in [4.69, 9.17) is 11.6 Å². The third-order valence-electron chi connectivity index (χ3n) is 5.06. The standard InChI is InChI=1S/C21H22ClN3O/c22-18-7-5-16(6-8-18)15-24-9-11-25(12-10-24)21(26)13-17-14-23-20-4-2-1-3-19(17)20/h1-8,14,23H,9-13,15H2. The first-order valence-corrected chi connectivity index (χ1v) is 9.36. The highest BCUT2D eigenvalue weighted by atomic mass is 35.5. The number of benzene rings is 2. The molecule has 1 fully saturated rings. The number of halogens is 1. The fourth-order valence-electron chi connectivity index (χ4n) is 3.56. The predicted octanol–water partition coefficient (Wildman–Crippen LogP) is 3.71. The highest BCUT2D eigenvalue weighted by Gasteiger charge is 2.22. The molecule has 26 heavy (non-hydrogen) atoms. The molecule has 2 aromatic carbocycles. The van der Waals surface area contributed by atoms with Crippen molar-refractivity contribution in [3.63, 3.8) is 0 Å². The van der Waals surface area contributed by atoms with E-state index in [2.05, 4.69) is 28.1 Å². The second kappa shape index (κ2) is 7.52. The number of hydrogen-bond donors (Lipinski definition) is 1. The van der Waals surface area contributed by atoms with Crippen LogP contribution in [0.2, 0.25) is 5.02 Å². The first-order chi connectivity index (χ1) is 12.7. The Morgan fingerprint density at radius 3 is 2.50 bits per heavy atom. The summed E-state index contributed by atoms with van der Waals surface area (Å²) in [6.45, 7) is 4.29. The zero-order valence-corrected chi connectivity index (χ0v) is 15.4. The summed E-state index contributed by atoms with van der Waals surface area (Å²) in [6.07, 6.45) is 2.42. The number of amides is 1. The van der Waals surface area contributed by atoms with Gasteiger partial charge in [0.2, 0.25) is 5.91 Å². The minimum Gasteiger partial charge on any atom is -0.361 e. The molecule has 0 spiro atoms. The van der Waals surface area contributed by atoms with E-state index in [9.17, 15) is 4.79 Å². The normalized spacial score (nSPS) is 15.5. The number of carbonyl (C=O) groups excluding carboxylic acids is 1. The molecule has 1 aliphatic heterocycles. The van der Waals surface area contributed by atoms with Crippen molar-refractivity contribution in [2.75, 3.05) is 26.2 Å². The molecule has 0 bridgehead atoms. The number of aromatic amines is 1. The van der Waals surface area contributed by atoms with Crippen molar-refractivity contribution < 1.29 is 4.79 Å². The number of aromatic nitrogens is 1. The van der Waals surface area contributed by atoms with Crippen molar-refractivity contribution in [3.05, 3.63) is 70.9 Å². The van der Waals surface area contributed by atoms with E-state index >= 15 is 0 Å². The third kappa shape index (κ3) is 3.76. The molecular weight excluding hydrogens is 346 g/mol. The first kappa shape index (κ1) is 17.1. The van der Waals surface area contributed by atoms with Crippen LogP contribution in [0.5, 0.6) is 0 Å². The van der Waals surface area contributed by atoms with E-state index in [0.717, 1.165) is 54.2 Å². The molecule has 3 aromatic rings. The summed E-state index contributed by atoms with van der Waals surface area (Å²) in [6, 6.07) is 16.1. The van der Waals surface area contributed by atoms with Crippen LogP contribution >= 0.6 is 11.6 Å². The second-order valence-corrected chi connectivity index (χ2v) is 7.26. The van der Waals surface area contributed by atoms with Gasteiger partial charge in [0.15, 0.2) is 0 Å². The Hall–Kier alpha value is -2.30. The quantitative estimate of drug-likeness (QED) is 0.763. The molecule has 1 N–H and O–H groups in total. The largest absolute Gasteiger partial charge is 0.361 e. The van der Waals surface area contributed by atoms with Gasteiger partial charge in [-0.3, -0.25) is 9.69 Å². The lowest BCUT2D eigenvalue weighted by Crippen LogP contribution is -2.48. The monoisotopic (exact) mass is 367 g/mol. The first-order valence-electron chi connectivity index (χ1n) is 8.98. The number of rotatable bonds is 4. The zero-order chi connectivity index (χ0) is 17.9. The van der Waals surface area contributed by atoms with Crippen LogP contribution in [0, 0.1) is 0 Å². The van der Waals surface area contributed by atoms with Crippen molar-refractivity contribution in [1.29, 1.82) is 0 Å². The third-order valence-corrected chi connectivity index (χ3v) is 5.31. The van der Waals surface area contributed by atoms with Crippen molar-refractivity contribution in [2.24, 2.45) is 0 Å². The highest BCUT2D eigenvalue weighted by Crippen LogP contribution is 2.19. The second-order valence-electron chi connectivity index (χ2n) is 6.82. The molecule has 0 unspecified atom stereocenters. The Bertz CT molecular complexity index is 895. The van der Waals surface area contributed by atoms with Gasteiger partial charge in [-0.2, -0.15) is 0 Å². The van der Waals surface area contributed by atoms with E-state index in [-0.39, 0.29) is 5.91 Å². The lowest BCUT2D eigenvalue weighted by molar-refractivity contribution is -0.132. The molecular formula is C21H22ClN3O. The van der Waals surface area contributed by atoms with Gasteiger partial charge in [-0.15, -0.1) is 0 Å². The van der Waals surface area contributed by atoms with E-state index in [1.54, 1.807) is 0 Å². The summed E-state index contributed by atoms with van der Waals surface area (Å²) in [5.41, 5.74) is 3.42. The molecule has 1 aromatic heterocycles. The summed E-state index contributed by atoms with van der Waals surface area (Å²) < 4.78 is 0. The summed E-state index contributed by atoms with van der Waals surface area (Å²) in [5.74, 6) is 0.209. The maximum atomic E-state index is 12.7. The Labute approximate surface area is 158 Å². The van der Waals surface area contributed by atoms with E-state index in [1.807, 2.05) is 41.4 Å². The number of nitrogens with zero attached hydrogens (tertiary/aromatic N) is 2. The van der Waals surface area contributed by atoms with E-state index in [1.165, 1.54) is 5.56 Å². The predicted molar refractivity (Wildman–Crippen MR) is 105 cm³/mol. The van der Waals surface area contributed by atoms with Crippen molar-refractivity contribution in [3.8, 4) is 0 Å². The van der Waals surface area contributed by atoms with Gasteiger partial charge in [0, 0.05) is 54.8 Å². The van der Waals surface area contributed by atoms with E-state index < -0.39 is 0 Å². The minimum atomic E-state index is 0.209. The van der Waals surface area contributed by atoms with E-state index in [0.29, 0.717) is 6.42 Å². The van der Waals surface area contributed by atoms with Gasteiger partial charge in [0.1, 0.15) is 0 Å². The molecule has 4 nitrogen and oxygen atoms in total. The van der Waals surface area contributed by atoms with Crippen molar-refractivity contribution >= 4 is 28.4 Å². The minimum absolute atomic E-state index is 0.209. The van der Waals surface area contributed by atoms with Crippen molar-refractivity contribution in [2.45, 2.75) is 13.0 Å². The van der Waals surface area contributed by atoms with Gasteiger partial charge in [-0.1, -0.05) is 41.9 Å². The van der Waals surface area contributed by atoms with Crippen LogP contribution in [-0.4, -0.2) is 46.9 Å². The number of fused-ring (bicyclic) bond motifs is 1. The Morgan fingerprint density at radius 2 is 1.73 bits per heavy atom. The van der Waals surface area contributed by atoms with Gasteiger partial charge in [0.25, 0.3) is 0 Å². The van der Waals surface area contributed by atoms with Crippen LogP contribution in [0.4, 0.5) is 0 Å². The maximum absolute atomic E-state index is 12.7. The number of carbonyl (C=O) groups is 1. The molecule has 5 heteroatoms. The molecule has 0 atom stereocenters.